The first kappa shape index (κ1) is 13.1. The number of nitrogens with one attached hydrogen (secondary N) is 2. The van der Waals surface area contributed by atoms with Gasteiger partial charge in [0.15, 0.2) is 5.01 Å². The zero-order valence-electron chi connectivity index (χ0n) is 10.3. The number of ether oxygens (including phenoxy) is 1. The molecule has 0 bridgehead atoms. The summed E-state index contributed by atoms with van der Waals surface area (Å²) in [5.74, 6) is 0. The van der Waals surface area contributed by atoms with E-state index in [9.17, 15) is 0 Å². The minimum Gasteiger partial charge on any atom is -0.383 e. The van der Waals surface area contributed by atoms with Crippen molar-refractivity contribution >= 4 is 11.3 Å². The van der Waals surface area contributed by atoms with Crippen LogP contribution in [-0.4, -0.2) is 47.2 Å². The SMILES string of the molecule is COCCNCCCc1nnc(-c2cn[nH]c2)s1. The second kappa shape index (κ2) is 7.20. The number of H-pyrrole nitrogens is 1. The second-order valence-corrected chi connectivity index (χ2v) is 4.90. The number of hydrogen-bond acceptors (Lipinski definition) is 6. The van der Waals surface area contributed by atoms with Crippen molar-refractivity contribution < 1.29 is 4.74 Å². The Morgan fingerprint density at radius 3 is 3.11 bits per heavy atom. The highest BCUT2D eigenvalue weighted by molar-refractivity contribution is 7.14. The Hall–Kier alpha value is -1.31. The van der Waals surface area contributed by atoms with Crippen LogP contribution in [0.25, 0.3) is 10.6 Å². The van der Waals surface area contributed by atoms with Gasteiger partial charge in [-0.3, -0.25) is 5.10 Å². The molecule has 0 saturated heterocycles. The van der Waals surface area contributed by atoms with E-state index in [1.165, 1.54) is 0 Å². The van der Waals surface area contributed by atoms with Crippen molar-refractivity contribution in [3.8, 4) is 10.6 Å². The average molecular weight is 267 g/mol. The smallest absolute Gasteiger partial charge is 0.150 e. The van der Waals surface area contributed by atoms with E-state index < -0.39 is 0 Å². The Bertz CT molecular complexity index is 442. The van der Waals surface area contributed by atoms with Crippen LogP contribution < -0.4 is 5.32 Å². The maximum absolute atomic E-state index is 4.96. The molecule has 7 heteroatoms. The lowest BCUT2D eigenvalue weighted by Crippen LogP contribution is -2.20. The van der Waals surface area contributed by atoms with Gasteiger partial charge < -0.3 is 10.1 Å². The van der Waals surface area contributed by atoms with Crippen LogP contribution in [-0.2, 0) is 11.2 Å². The van der Waals surface area contributed by atoms with Crippen molar-refractivity contribution in [2.24, 2.45) is 0 Å². The summed E-state index contributed by atoms with van der Waals surface area (Å²) in [5, 5.41) is 20.3. The van der Waals surface area contributed by atoms with Crippen LogP contribution in [0.1, 0.15) is 11.4 Å². The van der Waals surface area contributed by atoms with Gasteiger partial charge in [0.2, 0.25) is 0 Å². The number of aromatic amines is 1. The molecule has 0 saturated carbocycles. The van der Waals surface area contributed by atoms with Crippen LogP contribution >= 0.6 is 11.3 Å². The summed E-state index contributed by atoms with van der Waals surface area (Å²) in [5.41, 5.74) is 0.997. The number of aromatic nitrogens is 4. The first-order valence-corrected chi connectivity index (χ1v) is 6.73. The molecule has 18 heavy (non-hydrogen) atoms. The lowest BCUT2D eigenvalue weighted by Gasteiger charge is -2.01. The zero-order chi connectivity index (χ0) is 12.6. The van der Waals surface area contributed by atoms with E-state index in [0.717, 1.165) is 48.1 Å². The van der Waals surface area contributed by atoms with Crippen molar-refractivity contribution in [2.75, 3.05) is 26.8 Å². The molecule has 0 spiro atoms. The molecule has 6 nitrogen and oxygen atoms in total. The molecule has 0 aliphatic carbocycles. The largest absolute Gasteiger partial charge is 0.383 e. The fraction of sp³-hybridized carbons (Fsp3) is 0.545. The Labute approximate surface area is 110 Å². The minimum absolute atomic E-state index is 0.753. The molecule has 2 heterocycles. The van der Waals surface area contributed by atoms with Gasteiger partial charge in [0.05, 0.1) is 18.4 Å². The van der Waals surface area contributed by atoms with Crippen LogP contribution in [0.2, 0.25) is 0 Å². The predicted octanol–water partition coefficient (Wildman–Crippen LogP) is 1.10. The highest BCUT2D eigenvalue weighted by atomic mass is 32.1. The van der Waals surface area contributed by atoms with Crippen LogP contribution in [0.3, 0.4) is 0 Å². The van der Waals surface area contributed by atoms with Crippen LogP contribution in [0, 0.1) is 0 Å². The molecule has 0 aliphatic rings. The number of nitrogens with zero attached hydrogens (tertiary/aromatic N) is 3. The van der Waals surface area contributed by atoms with E-state index in [1.54, 1.807) is 24.6 Å². The first-order chi connectivity index (χ1) is 8.90. The van der Waals surface area contributed by atoms with Crippen LogP contribution in [0.4, 0.5) is 0 Å². The summed E-state index contributed by atoms with van der Waals surface area (Å²) in [7, 11) is 1.71. The summed E-state index contributed by atoms with van der Waals surface area (Å²) in [6, 6.07) is 0. The Kier molecular flexibility index (Phi) is 5.25. The van der Waals surface area contributed by atoms with Crippen molar-refractivity contribution in [1.82, 2.24) is 25.7 Å². The molecule has 2 rings (SSSR count). The number of hydrogen-bond donors (Lipinski definition) is 2. The van der Waals surface area contributed by atoms with Gasteiger partial charge in [-0.1, -0.05) is 11.3 Å². The first-order valence-electron chi connectivity index (χ1n) is 5.91. The van der Waals surface area contributed by atoms with Crippen molar-refractivity contribution in [3.05, 3.63) is 17.4 Å². The lowest BCUT2D eigenvalue weighted by atomic mass is 10.3. The molecule has 0 unspecified atom stereocenters. The van der Waals surface area contributed by atoms with Crippen molar-refractivity contribution in [1.29, 1.82) is 0 Å². The highest BCUT2D eigenvalue weighted by Gasteiger charge is 2.06. The van der Waals surface area contributed by atoms with Gasteiger partial charge in [-0.2, -0.15) is 5.10 Å². The standard InChI is InChI=1S/C11H17N5OS/c1-17-6-5-12-4-2-3-10-15-16-11(18-10)9-7-13-14-8-9/h7-8,12H,2-6H2,1H3,(H,13,14). The highest BCUT2D eigenvalue weighted by Crippen LogP contribution is 2.22. The van der Waals surface area contributed by atoms with Gasteiger partial charge in [-0.15, -0.1) is 10.2 Å². The third-order valence-electron chi connectivity index (χ3n) is 2.44. The molecule has 0 amide bonds. The normalized spacial score (nSPS) is 10.9. The maximum Gasteiger partial charge on any atom is 0.150 e. The molecule has 0 radical (unpaired) electrons. The summed E-state index contributed by atoms with van der Waals surface area (Å²) in [6.07, 6.45) is 5.60. The molecule has 98 valence electrons. The molecular formula is C11H17N5OS. The predicted molar refractivity (Wildman–Crippen MR) is 70.6 cm³/mol. The van der Waals surface area contributed by atoms with E-state index in [0.29, 0.717) is 0 Å². The van der Waals surface area contributed by atoms with Crippen molar-refractivity contribution in [2.45, 2.75) is 12.8 Å². The van der Waals surface area contributed by atoms with Gasteiger partial charge in [-0.25, -0.2) is 0 Å². The Morgan fingerprint density at radius 2 is 2.33 bits per heavy atom. The van der Waals surface area contributed by atoms with Gasteiger partial charge in [0, 0.05) is 26.3 Å². The third kappa shape index (κ3) is 3.86. The van der Waals surface area contributed by atoms with Crippen LogP contribution in [0.15, 0.2) is 12.4 Å². The third-order valence-corrected chi connectivity index (χ3v) is 3.47. The quantitative estimate of drug-likeness (QED) is 0.700. The second-order valence-electron chi connectivity index (χ2n) is 3.83. The molecule has 2 aromatic heterocycles. The minimum atomic E-state index is 0.753. The summed E-state index contributed by atoms with van der Waals surface area (Å²) < 4.78 is 4.96. The van der Waals surface area contributed by atoms with Gasteiger partial charge in [0.25, 0.3) is 0 Å². The lowest BCUT2D eigenvalue weighted by molar-refractivity contribution is 0.199. The fourth-order valence-electron chi connectivity index (χ4n) is 1.50. The average Bonchev–Trinajstić information content (AvgIpc) is 3.03. The number of rotatable bonds is 8. The molecular weight excluding hydrogens is 250 g/mol. The summed E-state index contributed by atoms with van der Waals surface area (Å²) >= 11 is 1.62. The number of aryl methyl sites for hydroxylation is 1. The Morgan fingerprint density at radius 1 is 1.39 bits per heavy atom. The van der Waals surface area contributed by atoms with E-state index in [-0.39, 0.29) is 0 Å². The van der Waals surface area contributed by atoms with Gasteiger partial charge >= 0.3 is 0 Å². The molecule has 0 aliphatic heterocycles. The van der Waals surface area contributed by atoms with Crippen molar-refractivity contribution in [3.63, 3.8) is 0 Å². The molecule has 0 aromatic carbocycles. The van der Waals surface area contributed by atoms with Gasteiger partial charge in [0.1, 0.15) is 5.01 Å². The van der Waals surface area contributed by atoms with E-state index >= 15 is 0 Å². The summed E-state index contributed by atoms with van der Waals surface area (Å²) in [4.78, 5) is 0. The molecule has 0 atom stereocenters. The fourth-order valence-corrected chi connectivity index (χ4v) is 2.37. The molecule has 0 fully saturated rings. The molecule has 2 N–H and O–H groups in total. The summed E-state index contributed by atoms with van der Waals surface area (Å²) in [6.45, 7) is 2.63. The zero-order valence-corrected chi connectivity index (χ0v) is 11.2. The van der Waals surface area contributed by atoms with E-state index in [4.69, 9.17) is 4.74 Å². The van der Waals surface area contributed by atoms with E-state index in [2.05, 4.69) is 25.7 Å². The maximum atomic E-state index is 4.96. The Balaban J connectivity index is 1.71. The van der Waals surface area contributed by atoms with Gasteiger partial charge in [-0.05, 0) is 13.0 Å². The number of methoxy groups -OCH3 is 1. The monoisotopic (exact) mass is 267 g/mol. The van der Waals surface area contributed by atoms with Crippen LogP contribution in [0.5, 0.6) is 0 Å². The van der Waals surface area contributed by atoms with E-state index in [1.807, 2.05) is 6.20 Å². The topological polar surface area (TPSA) is 75.7 Å². The molecule has 2 aromatic rings.